The van der Waals surface area contributed by atoms with Crippen molar-refractivity contribution in [2.75, 3.05) is 12.4 Å². The Morgan fingerprint density at radius 1 is 1.33 bits per heavy atom. The maximum atomic E-state index is 11.8. The molecule has 1 fully saturated rings. The third-order valence-electron chi connectivity index (χ3n) is 3.72. The van der Waals surface area contributed by atoms with Crippen LogP contribution < -0.4 is 5.32 Å². The van der Waals surface area contributed by atoms with E-state index in [-0.39, 0.29) is 23.5 Å². The highest BCUT2D eigenvalue weighted by Gasteiger charge is 2.53. The van der Waals surface area contributed by atoms with E-state index in [9.17, 15) is 24.5 Å². The molecule has 108 valence electrons. The molecule has 2 aliphatic rings. The smallest absolute Gasteiger partial charge is 0.261 e. The number of hydrogen-bond donors (Lipinski definition) is 1. The molecule has 1 aliphatic heterocycles. The number of benzene rings is 1. The molecule has 1 aliphatic carbocycles. The number of rotatable bonds is 3. The second-order valence-corrected chi connectivity index (χ2v) is 5.11. The first-order valence-electron chi connectivity index (χ1n) is 6.31. The topological polar surface area (TPSA) is 110 Å². The van der Waals surface area contributed by atoms with Crippen molar-refractivity contribution >= 4 is 23.4 Å². The first-order chi connectivity index (χ1) is 9.90. The molecule has 1 heterocycles. The molecule has 8 heteroatoms. The Morgan fingerprint density at radius 2 is 2.00 bits per heavy atom. The molecule has 21 heavy (non-hydrogen) atoms. The van der Waals surface area contributed by atoms with Crippen LogP contribution in [0.15, 0.2) is 18.2 Å². The Bertz CT molecular complexity index is 699. The molecule has 2 atom stereocenters. The van der Waals surface area contributed by atoms with Gasteiger partial charge in [-0.1, -0.05) is 0 Å². The third-order valence-corrected chi connectivity index (χ3v) is 3.72. The number of fused-ring (bicyclic) bond motifs is 1. The maximum absolute atomic E-state index is 11.8. The fourth-order valence-corrected chi connectivity index (χ4v) is 2.37. The van der Waals surface area contributed by atoms with Gasteiger partial charge in [0, 0.05) is 24.1 Å². The SMILES string of the molecule is CN1C(=O)c2ccc(NC(=O)C3CC3[N+](=O)[O-])cc2C1=O. The van der Waals surface area contributed by atoms with Crippen LogP contribution in [0, 0.1) is 16.0 Å². The lowest BCUT2D eigenvalue weighted by Gasteiger charge is -2.05. The molecule has 0 radical (unpaired) electrons. The number of carbonyl (C=O) groups is 3. The normalized spacial score (nSPS) is 23.0. The molecule has 0 spiro atoms. The van der Waals surface area contributed by atoms with Crippen molar-refractivity contribution in [1.82, 2.24) is 4.90 Å². The summed E-state index contributed by atoms with van der Waals surface area (Å²) in [5.74, 6) is -1.89. The molecule has 8 nitrogen and oxygen atoms in total. The van der Waals surface area contributed by atoms with E-state index >= 15 is 0 Å². The van der Waals surface area contributed by atoms with Gasteiger partial charge in [-0.25, -0.2) is 0 Å². The van der Waals surface area contributed by atoms with Crippen LogP contribution in [0.5, 0.6) is 0 Å². The summed E-state index contributed by atoms with van der Waals surface area (Å²) in [5, 5.41) is 13.1. The maximum Gasteiger partial charge on any atom is 0.261 e. The van der Waals surface area contributed by atoms with Gasteiger partial charge < -0.3 is 5.32 Å². The van der Waals surface area contributed by atoms with Crippen LogP contribution in [0.2, 0.25) is 0 Å². The fraction of sp³-hybridized carbons (Fsp3) is 0.308. The molecule has 1 saturated carbocycles. The van der Waals surface area contributed by atoms with Crippen LogP contribution in [0.4, 0.5) is 5.69 Å². The Labute approximate surface area is 118 Å². The minimum Gasteiger partial charge on any atom is -0.326 e. The average Bonchev–Trinajstić information content (AvgIpc) is 3.22. The van der Waals surface area contributed by atoms with E-state index in [1.807, 2.05) is 0 Å². The number of anilines is 1. The van der Waals surface area contributed by atoms with Crippen molar-refractivity contribution in [3.8, 4) is 0 Å². The van der Waals surface area contributed by atoms with Crippen molar-refractivity contribution < 1.29 is 19.3 Å². The van der Waals surface area contributed by atoms with Crippen molar-refractivity contribution in [2.24, 2.45) is 5.92 Å². The lowest BCUT2D eigenvalue weighted by atomic mass is 10.1. The number of nitrogens with zero attached hydrogens (tertiary/aromatic N) is 2. The Kier molecular flexibility index (Phi) is 2.75. The van der Waals surface area contributed by atoms with Crippen LogP contribution in [0.25, 0.3) is 0 Å². The average molecular weight is 289 g/mol. The molecule has 2 unspecified atom stereocenters. The number of nitro groups is 1. The van der Waals surface area contributed by atoms with E-state index in [2.05, 4.69) is 5.32 Å². The number of nitrogens with one attached hydrogen (secondary N) is 1. The molecule has 1 aromatic carbocycles. The van der Waals surface area contributed by atoms with Crippen LogP contribution in [0.1, 0.15) is 27.1 Å². The standard InChI is InChI=1S/C13H11N3O5/c1-15-12(18)7-3-2-6(4-8(7)13(15)19)14-11(17)9-5-10(9)16(20)21/h2-4,9-10H,5H2,1H3,(H,14,17). The van der Waals surface area contributed by atoms with E-state index in [1.54, 1.807) is 0 Å². The van der Waals surface area contributed by atoms with Crippen LogP contribution >= 0.6 is 0 Å². The summed E-state index contributed by atoms with van der Waals surface area (Å²) >= 11 is 0. The van der Waals surface area contributed by atoms with Gasteiger partial charge in [-0.3, -0.25) is 29.4 Å². The Balaban J connectivity index is 1.77. The zero-order chi connectivity index (χ0) is 15.3. The van der Waals surface area contributed by atoms with E-state index in [4.69, 9.17) is 0 Å². The summed E-state index contributed by atoms with van der Waals surface area (Å²) in [4.78, 5) is 46.4. The zero-order valence-electron chi connectivity index (χ0n) is 11.0. The fourth-order valence-electron chi connectivity index (χ4n) is 2.37. The van der Waals surface area contributed by atoms with Gasteiger partial charge in [-0.2, -0.15) is 0 Å². The Hall–Kier alpha value is -2.77. The predicted octanol–water partition coefficient (Wildman–Crippen LogP) is 0.516. The molecule has 3 amide bonds. The second kappa shape index (κ2) is 4.37. The van der Waals surface area contributed by atoms with Gasteiger partial charge in [0.05, 0.1) is 11.1 Å². The molecule has 1 aromatic rings. The van der Waals surface area contributed by atoms with Gasteiger partial charge in [-0.05, 0) is 18.2 Å². The second-order valence-electron chi connectivity index (χ2n) is 5.11. The van der Waals surface area contributed by atoms with Crippen molar-refractivity contribution in [2.45, 2.75) is 12.5 Å². The Morgan fingerprint density at radius 3 is 2.62 bits per heavy atom. The summed E-state index contributed by atoms with van der Waals surface area (Å²) in [7, 11) is 1.38. The van der Waals surface area contributed by atoms with Gasteiger partial charge in [0.25, 0.3) is 11.8 Å². The molecule has 0 bridgehead atoms. The highest BCUT2D eigenvalue weighted by atomic mass is 16.6. The molecular formula is C13H11N3O5. The van der Waals surface area contributed by atoms with E-state index in [1.165, 1.54) is 25.2 Å². The quantitative estimate of drug-likeness (QED) is 0.495. The summed E-state index contributed by atoms with van der Waals surface area (Å²) in [6.07, 6.45) is 0.226. The third kappa shape index (κ3) is 2.04. The molecular weight excluding hydrogens is 278 g/mol. The molecule has 0 saturated heterocycles. The molecule has 3 rings (SSSR count). The first-order valence-corrected chi connectivity index (χ1v) is 6.31. The summed E-state index contributed by atoms with van der Waals surface area (Å²) in [6, 6.07) is 3.56. The number of hydrogen-bond acceptors (Lipinski definition) is 5. The van der Waals surface area contributed by atoms with E-state index in [0.717, 1.165) is 4.90 Å². The highest BCUT2D eigenvalue weighted by molar-refractivity contribution is 6.21. The van der Waals surface area contributed by atoms with Crippen molar-refractivity contribution in [3.63, 3.8) is 0 Å². The first kappa shape index (κ1) is 13.2. The van der Waals surface area contributed by atoms with Gasteiger partial charge in [0.1, 0.15) is 5.92 Å². The van der Waals surface area contributed by atoms with E-state index in [0.29, 0.717) is 5.69 Å². The van der Waals surface area contributed by atoms with Gasteiger partial charge >= 0.3 is 0 Å². The molecule has 1 N–H and O–H groups in total. The van der Waals surface area contributed by atoms with Crippen LogP contribution in [-0.2, 0) is 4.79 Å². The van der Waals surface area contributed by atoms with Crippen molar-refractivity contribution in [1.29, 1.82) is 0 Å². The minimum atomic E-state index is -0.825. The highest BCUT2D eigenvalue weighted by Crippen LogP contribution is 2.34. The van der Waals surface area contributed by atoms with Crippen LogP contribution in [-0.4, -0.2) is 40.6 Å². The van der Waals surface area contributed by atoms with Gasteiger partial charge in [0.2, 0.25) is 11.9 Å². The predicted molar refractivity (Wildman–Crippen MR) is 70.4 cm³/mol. The monoisotopic (exact) mass is 289 g/mol. The largest absolute Gasteiger partial charge is 0.326 e. The van der Waals surface area contributed by atoms with Gasteiger partial charge in [0.15, 0.2) is 0 Å². The summed E-state index contributed by atoms with van der Waals surface area (Å²) < 4.78 is 0. The number of amides is 3. The zero-order valence-corrected chi connectivity index (χ0v) is 11.0. The van der Waals surface area contributed by atoms with E-state index < -0.39 is 28.7 Å². The lowest BCUT2D eigenvalue weighted by molar-refractivity contribution is -0.497. The number of carbonyl (C=O) groups excluding carboxylic acids is 3. The van der Waals surface area contributed by atoms with Crippen molar-refractivity contribution in [3.05, 3.63) is 39.4 Å². The van der Waals surface area contributed by atoms with Gasteiger partial charge in [-0.15, -0.1) is 0 Å². The summed E-state index contributed by atoms with van der Waals surface area (Å²) in [6.45, 7) is 0. The van der Waals surface area contributed by atoms with Crippen LogP contribution in [0.3, 0.4) is 0 Å². The minimum absolute atomic E-state index is 0.224. The molecule has 0 aromatic heterocycles. The summed E-state index contributed by atoms with van der Waals surface area (Å²) in [5.41, 5.74) is 0.862. The number of imide groups is 1. The lowest BCUT2D eigenvalue weighted by Crippen LogP contribution is -2.24.